The summed E-state index contributed by atoms with van der Waals surface area (Å²) in [5, 5.41) is 6.52. The molecule has 2 aromatic rings. The van der Waals surface area contributed by atoms with Gasteiger partial charge in [-0.25, -0.2) is 4.98 Å². The number of rotatable bonds is 2. The number of nitrogens with one attached hydrogen (secondary N) is 1. The lowest BCUT2D eigenvalue weighted by Gasteiger charge is -2.06. The lowest BCUT2D eigenvalue weighted by Crippen LogP contribution is -2.13. The molecule has 2 rings (SSSR count). The normalized spacial score (nSPS) is 10.4. The highest BCUT2D eigenvalue weighted by atomic mass is 79.9. The van der Waals surface area contributed by atoms with E-state index in [9.17, 15) is 4.79 Å². The lowest BCUT2D eigenvalue weighted by molar-refractivity contribution is 0.102. The number of carbonyl (C=O) groups is 1. The summed E-state index contributed by atoms with van der Waals surface area (Å²) < 4.78 is 5.72. The second kappa shape index (κ2) is 4.89. The number of aromatic nitrogens is 2. The molecule has 0 fully saturated rings. The van der Waals surface area contributed by atoms with E-state index in [0.717, 1.165) is 10.2 Å². The summed E-state index contributed by atoms with van der Waals surface area (Å²) >= 11 is 3.31. The highest BCUT2D eigenvalue weighted by molar-refractivity contribution is 9.10. The van der Waals surface area contributed by atoms with Gasteiger partial charge in [0.15, 0.2) is 0 Å². The SMILES string of the molecule is Cc1cc(NC(=O)c2c(C)noc2C)cnc1Br. The van der Waals surface area contributed by atoms with Crippen molar-refractivity contribution in [1.82, 2.24) is 10.1 Å². The number of hydrogen-bond acceptors (Lipinski definition) is 4. The van der Waals surface area contributed by atoms with Crippen LogP contribution in [0.4, 0.5) is 5.69 Å². The topological polar surface area (TPSA) is 68.0 Å². The third-order valence-electron chi connectivity index (χ3n) is 2.53. The van der Waals surface area contributed by atoms with Crippen molar-refractivity contribution < 1.29 is 9.32 Å². The van der Waals surface area contributed by atoms with Gasteiger partial charge in [-0.3, -0.25) is 4.79 Å². The molecule has 0 aliphatic carbocycles. The fraction of sp³-hybridized carbons (Fsp3) is 0.250. The Morgan fingerprint density at radius 2 is 2.11 bits per heavy atom. The van der Waals surface area contributed by atoms with E-state index in [0.29, 0.717) is 22.7 Å². The Balaban J connectivity index is 2.24. The first-order valence-corrected chi connectivity index (χ1v) is 6.14. The Kier molecular flexibility index (Phi) is 3.47. The average Bonchev–Trinajstić information content (AvgIpc) is 2.64. The Morgan fingerprint density at radius 1 is 1.39 bits per heavy atom. The Bertz CT molecular complexity index is 588. The van der Waals surface area contributed by atoms with Crippen molar-refractivity contribution in [2.75, 3.05) is 5.32 Å². The molecule has 2 heterocycles. The van der Waals surface area contributed by atoms with Crippen LogP contribution in [-0.2, 0) is 0 Å². The van der Waals surface area contributed by atoms with Crippen molar-refractivity contribution in [3.05, 3.63) is 39.4 Å². The summed E-state index contributed by atoms with van der Waals surface area (Å²) in [7, 11) is 0. The molecule has 0 aliphatic heterocycles. The van der Waals surface area contributed by atoms with Crippen molar-refractivity contribution in [1.29, 1.82) is 0 Å². The van der Waals surface area contributed by atoms with Crippen LogP contribution in [0.5, 0.6) is 0 Å². The fourth-order valence-corrected chi connectivity index (χ4v) is 1.84. The number of amides is 1. The van der Waals surface area contributed by atoms with Gasteiger partial charge in [0.1, 0.15) is 15.9 Å². The molecule has 94 valence electrons. The second-order valence-corrected chi connectivity index (χ2v) is 4.74. The van der Waals surface area contributed by atoms with Crippen LogP contribution >= 0.6 is 15.9 Å². The molecule has 6 heteroatoms. The smallest absolute Gasteiger partial charge is 0.261 e. The van der Waals surface area contributed by atoms with Crippen LogP contribution < -0.4 is 5.32 Å². The van der Waals surface area contributed by atoms with Crippen LogP contribution in [0.25, 0.3) is 0 Å². The van der Waals surface area contributed by atoms with Crippen molar-refractivity contribution in [3.8, 4) is 0 Å². The van der Waals surface area contributed by atoms with E-state index < -0.39 is 0 Å². The Labute approximate surface area is 113 Å². The molecule has 0 aliphatic rings. The fourth-order valence-electron chi connectivity index (χ4n) is 1.63. The molecule has 0 radical (unpaired) electrons. The molecule has 1 N–H and O–H groups in total. The van der Waals surface area contributed by atoms with Gasteiger partial charge in [-0.1, -0.05) is 5.16 Å². The van der Waals surface area contributed by atoms with E-state index in [-0.39, 0.29) is 5.91 Å². The molecule has 5 nitrogen and oxygen atoms in total. The number of halogens is 1. The van der Waals surface area contributed by atoms with Crippen LogP contribution in [0.1, 0.15) is 27.4 Å². The van der Waals surface area contributed by atoms with Gasteiger partial charge in [0, 0.05) is 0 Å². The molecule has 0 aromatic carbocycles. The predicted octanol–water partition coefficient (Wildman–Crippen LogP) is 3.01. The minimum absolute atomic E-state index is 0.241. The molecular formula is C12H12BrN3O2. The number of carbonyl (C=O) groups excluding carboxylic acids is 1. The zero-order valence-electron chi connectivity index (χ0n) is 10.2. The van der Waals surface area contributed by atoms with Crippen molar-refractivity contribution in [2.45, 2.75) is 20.8 Å². The lowest BCUT2D eigenvalue weighted by atomic mass is 10.2. The maximum atomic E-state index is 12.1. The van der Waals surface area contributed by atoms with E-state index in [2.05, 4.69) is 31.4 Å². The largest absolute Gasteiger partial charge is 0.361 e. The highest BCUT2D eigenvalue weighted by Gasteiger charge is 2.17. The Hall–Kier alpha value is -1.69. The molecule has 18 heavy (non-hydrogen) atoms. The van der Waals surface area contributed by atoms with E-state index in [1.807, 2.05) is 13.0 Å². The maximum Gasteiger partial charge on any atom is 0.261 e. The molecule has 0 bridgehead atoms. The zero-order chi connectivity index (χ0) is 13.3. The summed E-state index contributed by atoms with van der Waals surface area (Å²) in [5.41, 5.74) is 2.63. The van der Waals surface area contributed by atoms with Gasteiger partial charge in [-0.05, 0) is 48.3 Å². The zero-order valence-corrected chi connectivity index (χ0v) is 11.8. The number of nitrogens with zero attached hydrogens (tertiary/aromatic N) is 2. The minimum Gasteiger partial charge on any atom is -0.361 e. The molecule has 0 atom stereocenters. The van der Waals surface area contributed by atoms with Gasteiger partial charge >= 0.3 is 0 Å². The van der Waals surface area contributed by atoms with Gasteiger partial charge in [-0.2, -0.15) is 0 Å². The average molecular weight is 310 g/mol. The van der Waals surface area contributed by atoms with Crippen molar-refractivity contribution in [2.24, 2.45) is 0 Å². The van der Waals surface area contributed by atoms with Crippen molar-refractivity contribution >= 4 is 27.5 Å². The number of anilines is 1. The molecule has 1 amide bonds. The maximum absolute atomic E-state index is 12.1. The predicted molar refractivity (Wildman–Crippen MR) is 70.6 cm³/mol. The summed E-state index contributed by atoms with van der Waals surface area (Å²) in [6.45, 7) is 5.35. The van der Waals surface area contributed by atoms with Gasteiger partial charge in [0.05, 0.1) is 17.6 Å². The van der Waals surface area contributed by atoms with Crippen LogP contribution in [-0.4, -0.2) is 16.0 Å². The Morgan fingerprint density at radius 3 is 2.67 bits per heavy atom. The van der Waals surface area contributed by atoms with Crippen LogP contribution in [0.15, 0.2) is 21.4 Å². The summed E-state index contributed by atoms with van der Waals surface area (Å²) in [6, 6.07) is 1.84. The first-order chi connectivity index (χ1) is 8.49. The highest BCUT2D eigenvalue weighted by Crippen LogP contribution is 2.19. The van der Waals surface area contributed by atoms with E-state index >= 15 is 0 Å². The standard InChI is InChI=1S/C12H12BrN3O2/c1-6-4-9(5-14-11(6)13)15-12(17)10-7(2)16-18-8(10)3/h4-5H,1-3H3,(H,15,17). The van der Waals surface area contributed by atoms with Gasteiger partial charge in [-0.15, -0.1) is 0 Å². The summed E-state index contributed by atoms with van der Waals surface area (Å²) in [5.74, 6) is 0.265. The third kappa shape index (κ3) is 2.43. The molecule has 0 unspecified atom stereocenters. The van der Waals surface area contributed by atoms with Gasteiger partial charge < -0.3 is 9.84 Å². The molecule has 0 saturated heterocycles. The van der Waals surface area contributed by atoms with Gasteiger partial charge in [0.25, 0.3) is 5.91 Å². The van der Waals surface area contributed by atoms with Crippen molar-refractivity contribution in [3.63, 3.8) is 0 Å². The van der Waals surface area contributed by atoms with E-state index in [1.54, 1.807) is 20.0 Å². The quantitative estimate of drug-likeness (QED) is 0.866. The number of hydrogen-bond donors (Lipinski definition) is 1. The first-order valence-electron chi connectivity index (χ1n) is 5.35. The van der Waals surface area contributed by atoms with E-state index in [1.165, 1.54) is 0 Å². The monoisotopic (exact) mass is 309 g/mol. The summed E-state index contributed by atoms with van der Waals surface area (Å²) in [6.07, 6.45) is 1.59. The molecular weight excluding hydrogens is 298 g/mol. The third-order valence-corrected chi connectivity index (χ3v) is 3.36. The first kappa shape index (κ1) is 12.8. The summed E-state index contributed by atoms with van der Waals surface area (Å²) in [4.78, 5) is 16.2. The van der Waals surface area contributed by atoms with Crippen LogP contribution in [0, 0.1) is 20.8 Å². The van der Waals surface area contributed by atoms with Gasteiger partial charge in [0.2, 0.25) is 0 Å². The number of aryl methyl sites for hydroxylation is 3. The molecule has 2 aromatic heterocycles. The minimum atomic E-state index is -0.241. The molecule has 0 spiro atoms. The number of pyridine rings is 1. The van der Waals surface area contributed by atoms with E-state index in [4.69, 9.17) is 4.52 Å². The molecule has 0 saturated carbocycles. The second-order valence-electron chi connectivity index (χ2n) is 3.98. The van der Waals surface area contributed by atoms with Crippen LogP contribution in [0.2, 0.25) is 0 Å². The van der Waals surface area contributed by atoms with Crippen LogP contribution in [0.3, 0.4) is 0 Å².